The molecular weight excluding hydrogens is 162 g/mol. The van der Waals surface area contributed by atoms with Crippen molar-refractivity contribution in [2.24, 2.45) is 11.8 Å². The molecule has 0 saturated heterocycles. The lowest BCUT2D eigenvalue weighted by atomic mass is 10.2. The standard InChI is InChI=1S/C5H15N5O2/c1-4(2)3-12-5(11)7-9-10-8-6/h4,8-10H,3,6H2,1-2H3,(H,7,11). The van der Waals surface area contributed by atoms with Crippen molar-refractivity contribution in [3.63, 3.8) is 0 Å². The number of rotatable bonds is 5. The molecule has 12 heavy (non-hydrogen) atoms. The van der Waals surface area contributed by atoms with Crippen LogP contribution in [0.3, 0.4) is 0 Å². The molecule has 0 aromatic carbocycles. The zero-order chi connectivity index (χ0) is 9.40. The highest BCUT2D eigenvalue weighted by atomic mass is 16.6. The van der Waals surface area contributed by atoms with Crippen LogP contribution in [0.5, 0.6) is 0 Å². The molecule has 0 aromatic heterocycles. The molecule has 0 aliphatic carbocycles. The van der Waals surface area contributed by atoms with E-state index in [2.05, 4.69) is 22.0 Å². The second-order valence-corrected chi connectivity index (χ2v) is 2.51. The Morgan fingerprint density at radius 3 is 2.67 bits per heavy atom. The minimum Gasteiger partial charge on any atom is -0.448 e. The van der Waals surface area contributed by atoms with Gasteiger partial charge >= 0.3 is 6.09 Å². The SMILES string of the molecule is CC(C)COC(=O)NNNNN. The molecule has 0 aliphatic heterocycles. The summed E-state index contributed by atoms with van der Waals surface area (Å²) < 4.78 is 4.73. The average Bonchev–Trinajstić information content (AvgIpc) is 2.01. The van der Waals surface area contributed by atoms with Crippen molar-refractivity contribution in [2.75, 3.05) is 6.61 Å². The van der Waals surface area contributed by atoms with Gasteiger partial charge in [-0.05, 0) is 5.92 Å². The van der Waals surface area contributed by atoms with Crippen LogP contribution in [-0.4, -0.2) is 12.7 Å². The van der Waals surface area contributed by atoms with E-state index in [9.17, 15) is 4.79 Å². The molecule has 72 valence electrons. The highest BCUT2D eigenvalue weighted by Gasteiger charge is 2.01. The first-order chi connectivity index (χ1) is 5.66. The smallest absolute Gasteiger partial charge is 0.422 e. The molecule has 7 nitrogen and oxygen atoms in total. The van der Waals surface area contributed by atoms with Crippen molar-refractivity contribution in [3.05, 3.63) is 0 Å². The van der Waals surface area contributed by atoms with Gasteiger partial charge in [0.25, 0.3) is 0 Å². The van der Waals surface area contributed by atoms with E-state index >= 15 is 0 Å². The van der Waals surface area contributed by atoms with Crippen molar-refractivity contribution in [1.29, 1.82) is 0 Å². The molecule has 0 spiro atoms. The summed E-state index contributed by atoms with van der Waals surface area (Å²) in [6.07, 6.45) is -0.563. The van der Waals surface area contributed by atoms with Crippen LogP contribution in [0.4, 0.5) is 4.79 Å². The first-order valence-corrected chi connectivity index (χ1v) is 3.55. The van der Waals surface area contributed by atoms with Gasteiger partial charge in [0.2, 0.25) is 0 Å². The van der Waals surface area contributed by atoms with Gasteiger partial charge in [0.1, 0.15) is 0 Å². The maximum absolute atomic E-state index is 10.7. The number of nitrogens with one attached hydrogen (secondary N) is 4. The minimum atomic E-state index is -0.563. The van der Waals surface area contributed by atoms with Crippen molar-refractivity contribution in [1.82, 2.24) is 22.0 Å². The summed E-state index contributed by atoms with van der Waals surface area (Å²) in [6, 6.07) is 0. The first-order valence-electron chi connectivity index (χ1n) is 3.55. The Labute approximate surface area is 70.9 Å². The maximum Gasteiger partial charge on any atom is 0.422 e. The predicted molar refractivity (Wildman–Crippen MR) is 42.9 cm³/mol. The van der Waals surface area contributed by atoms with Gasteiger partial charge < -0.3 is 4.74 Å². The fourth-order valence-corrected chi connectivity index (χ4v) is 0.397. The van der Waals surface area contributed by atoms with Crippen molar-refractivity contribution in [2.45, 2.75) is 13.8 Å². The Morgan fingerprint density at radius 1 is 1.50 bits per heavy atom. The van der Waals surface area contributed by atoms with Crippen molar-refractivity contribution >= 4 is 6.09 Å². The molecule has 0 aromatic rings. The zero-order valence-electron chi connectivity index (χ0n) is 7.18. The van der Waals surface area contributed by atoms with E-state index in [1.165, 1.54) is 0 Å². The van der Waals surface area contributed by atoms with Gasteiger partial charge in [-0.15, -0.1) is 0 Å². The topological polar surface area (TPSA) is 100 Å². The van der Waals surface area contributed by atoms with Crippen LogP contribution in [0.1, 0.15) is 13.8 Å². The van der Waals surface area contributed by atoms with E-state index in [1.807, 2.05) is 13.8 Å². The number of hydrogen-bond acceptors (Lipinski definition) is 6. The average molecular weight is 177 g/mol. The van der Waals surface area contributed by atoms with E-state index in [-0.39, 0.29) is 0 Å². The lowest BCUT2D eigenvalue weighted by Crippen LogP contribution is -2.55. The van der Waals surface area contributed by atoms with Crippen molar-refractivity contribution in [3.8, 4) is 0 Å². The summed E-state index contributed by atoms with van der Waals surface area (Å²) >= 11 is 0. The van der Waals surface area contributed by atoms with Crippen molar-refractivity contribution < 1.29 is 9.53 Å². The molecule has 0 atom stereocenters. The van der Waals surface area contributed by atoms with E-state index in [4.69, 9.17) is 10.6 Å². The largest absolute Gasteiger partial charge is 0.448 e. The van der Waals surface area contributed by atoms with Crippen LogP contribution < -0.4 is 27.9 Å². The minimum absolute atomic E-state index is 0.316. The molecule has 0 fully saturated rings. The number of carbonyl (C=O) groups is 1. The maximum atomic E-state index is 10.7. The fourth-order valence-electron chi connectivity index (χ4n) is 0.397. The number of nitrogens with two attached hydrogens (primary N) is 1. The van der Waals surface area contributed by atoms with Crippen LogP contribution in [0.25, 0.3) is 0 Å². The van der Waals surface area contributed by atoms with Crippen LogP contribution in [0.15, 0.2) is 0 Å². The van der Waals surface area contributed by atoms with E-state index in [0.29, 0.717) is 12.5 Å². The quantitative estimate of drug-likeness (QED) is 0.204. The Morgan fingerprint density at radius 2 is 2.17 bits per heavy atom. The third-order valence-electron chi connectivity index (χ3n) is 0.847. The second kappa shape index (κ2) is 6.80. The van der Waals surface area contributed by atoms with Crippen LogP contribution in [0, 0.1) is 5.92 Å². The molecule has 0 aliphatic rings. The highest BCUT2D eigenvalue weighted by Crippen LogP contribution is 1.91. The lowest BCUT2D eigenvalue weighted by Gasteiger charge is -2.09. The summed E-state index contributed by atoms with van der Waals surface area (Å²) in [5.74, 6) is 5.14. The third kappa shape index (κ3) is 7.22. The fraction of sp³-hybridized carbons (Fsp3) is 0.800. The summed E-state index contributed by atoms with van der Waals surface area (Å²) in [6.45, 7) is 4.27. The first kappa shape index (κ1) is 11.1. The summed E-state index contributed by atoms with van der Waals surface area (Å²) in [7, 11) is 0. The predicted octanol–water partition coefficient (Wildman–Crippen LogP) is -1.24. The van der Waals surface area contributed by atoms with Crippen LogP contribution in [-0.2, 0) is 4.74 Å². The number of hydrogen-bond donors (Lipinski definition) is 5. The van der Waals surface area contributed by atoms with Gasteiger partial charge in [-0.25, -0.2) is 10.2 Å². The Kier molecular flexibility index (Phi) is 6.29. The molecular formula is C5H15N5O2. The van der Waals surface area contributed by atoms with Gasteiger partial charge in [0.05, 0.1) is 6.61 Å². The molecule has 0 bridgehead atoms. The Bertz CT molecular complexity index is 129. The van der Waals surface area contributed by atoms with Gasteiger partial charge in [-0.3, -0.25) is 5.84 Å². The highest BCUT2D eigenvalue weighted by molar-refractivity contribution is 5.66. The Hall–Kier alpha value is -0.890. The molecule has 0 saturated carbocycles. The summed E-state index contributed by atoms with van der Waals surface area (Å²) in [5, 5.41) is 0. The normalized spacial score (nSPS) is 10.0. The summed E-state index contributed by atoms with van der Waals surface area (Å²) in [4.78, 5) is 10.7. The monoisotopic (exact) mass is 177 g/mol. The third-order valence-corrected chi connectivity index (χ3v) is 0.847. The number of hydrazine groups is 4. The van der Waals surface area contributed by atoms with Gasteiger partial charge in [-0.2, -0.15) is 16.6 Å². The molecule has 1 amide bonds. The number of ether oxygens (including phenoxy) is 1. The van der Waals surface area contributed by atoms with Gasteiger partial charge in [-0.1, -0.05) is 13.8 Å². The molecule has 6 N–H and O–H groups in total. The zero-order valence-corrected chi connectivity index (χ0v) is 7.18. The van der Waals surface area contributed by atoms with Crippen LogP contribution >= 0.6 is 0 Å². The molecule has 0 heterocycles. The second-order valence-electron chi connectivity index (χ2n) is 2.51. The molecule has 7 heteroatoms. The van der Waals surface area contributed by atoms with Crippen LogP contribution in [0.2, 0.25) is 0 Å². The Balaban J connectivity index is 3.22. The van der Waals surface area contributed by atoms with E-state index in [1.54, 1.807) is 0 Å². The van der Waals surface area contributed by atoms with Gasteiger partial charge in [0, 0.05) is 0 Å². The number of amides is 1. The molecule has 0 unspecified atom stereocenters. The van der Waals surface area contributed by atoms with Gasteiger partial charge in [0.15, 0.2) is 0 Å². The summed E-state index contributed by atoms with van der Waals surface area (Å²) in [5.41, 5.74) is 8.71. The molecule has 0 radical (unpaired) electrons. The lowest BCUT2D eigenvalue weighted by molar-refractivity contribution is 0.125. The van der Waals surface area contributed by atoms with E-state index in [0.717, 1.165) is 0 Å². The number of carbonyl (C=O) groups excluding carboxylic acids is 1. The van der Waals surface area contributed by atoms with E-state index < -0.39 is 6.09 Å². The molecule has 0 rings (SSSR count).